The van der Waals surface area contributed by atoms with Crippen LogP contribution in [0.25, 0.3) is 0 Å². The Morgan fingerprint density at radius 3 is 2.50 bits per heavy atom. The molecule has 3 amide bonds. The molecule has 9 heteroatoms. The zero-order valence-corrected chi connectivity index (χ0v) is 19.2. The van der Waals surface area contributed by atoms with Crippen LogP contribution in [0, 0.1) is 6.92 Å². The Balaban J connectivity index is 1.76. The molecule has 4 rings (SSSR count). The number of carbonyl (C=O) groups excluding carboxylic acids is 3. The van der Waals surface area contributed by atoms with Crippen molar-refractivity contribution in [1.29, 1.82) is 0 Å². The van der Waals surface area contributed by atoms with Gasteiger partial charge in [-0.1, -0.05) is 29.8 Å². The van der Waals surface area contributed by atoms with Crippen LogP contribution in [0.3, 0.4) is 0 Å². The first-order valence-corrected chi connectivity index (χ1v) is 11.1. The van der Waals surface area contributed by atoms with Crippen molar-refractivity contribution in [3.8, 4) is 5.75 Å². The van der Waals surface area contributed by atoms with Gasteiger partial charge in [-0.15, -0.1) is 5.10 Å². The van der Waals surface area contributed by atoms with E-state index in [4.69, 9.17) is 4.74 Å². The summed E-state index contributed by atoms with van der Waals surface area (Å²) in [5.41, 5.74) is 3.27. The number of hydrazone groups is 1. The summed E-state index contributed by atoms with van der Waals surface area (Å²) in [5.74, 6) is -0.227. The smallest absolute Gasteiger partial charge is 0.271 e. The van der Waals surface area contributed by atoms with Gasteiger partial charge in [-0.3, -0.25) is 14.4 Å². The van der Waals surface area contributed by atoms with E-state index in [2.05, 4.69) is 10.4 Å². The highest BCUT2D eigenvalue weighted by atomic mass is 32.2. The highest BCUT2D eigenvalue weighted by molar-refractivity contribution is 8.15. The van der Waals surface area contributed by atoms with E-state index >= 15 is 0 Å². The van der Waals surface area contributed by atoms with Crippen LogP contribution in [0.2, 0.25) is 0 Å². The number of hydrogen-bond donors (Lipinski definition) is 1. The molecule has 2 heterocycles. The maximum Gasteiger partial charge on any atom is 0.271 e. The Morgan fingerprint density at radius 2 is 1.88 bits per heavy atom. The molecule has 0 aromatic heterocycles. The van der Waals surface area contributed by atoms with Crippen LogP contribution >= 0.6 is 11.8 Å². The number of anilines is 1. The maximum absolute atomic E-state index is 13.9. The van der Waals surface area contributed by atoms with Crippen molar-refractivity contribution in [2.45, 2.75) is 39.1 Å². The van der Waals surface area contributed by atoms with Crippen LogP contribution in [0.15, 0.2) is 47.6 Å². The zero-order chi connectivity index (χ0) is 23.0. The summed E-state index contributed by atoms with van der Waals surface area (Å²) in [6.07, 6.45) is 0. The van der Waals surface area contributed by atoms with Gasteiger partial charge in [0.05, 0.1) is 18.8 Å². The van der Waals surface area contributed by atoms with Gasteiger partial charge < -0.3 is 15.0 Å². The summed E-state index contributed by atoms with van der Waals surface area (Å²) < 4.78 is 5.50. The van der Waals surface area contributed by atoms with E-state index in [1.165, 1.54) is 18.9 Å². The van der Waals surface area contributed by atoms with Crippen LogP contribution in [-0.4, -0.2) is 34.5 Å². The number of carbonyl (C=O) groups is 3. The number of nitrogens with zero attached hydrogens (tertiary/aromatic N) is 3. The minimum atomic E-state index is -1.39. The molecule has 2 aromatic rings. The molecular formula is C23H24N4O4S. The predicted molar refractivity (Wildman–Crippen MR) is 123 cm³/mol. The van der Waals surface area contributed by atoms with E-state index < -0.39 is 4.87 Å². The lowest BCUT2D eigenvalue weighted by molar-refractivity contribution is -0.139. The maximum atomic E-state index is 13.9. The molecule has 166 valence electrons. The number of hydrogen-bond acceptors (Lipinski definition) is 6. The van der Waals surface area contributed by atoms with Crippen LogP contribution < -0.4 is 15.0 Å². The largest absolute Gasteiger partial charge is 0.494 e. The van der Waals surface area contributed by atoms with Crippen molar-refractivity contribution in [2.75, 3.05) is 11.5 Å². The van der Waals surface area contributed by atoms with Gasteiger partial charge in [0, 0.05) is 19.4 Å². The minimum absolute atomic E-state index is 0.219. The highest BCUT2D eigenvalue weighted by Crippen LogP contribution is 2.54. The molecule has 0 fully saturated rings. The Hall–Kier alpha value is -3.33. The molecular weight excluding hydrogens is 428 g/mol. The number of amides is 3. The fourth-order valence-corrected chi connectivity index (χ4v) is 5.25. The molecule has 2 aromatic carbocycles. The van der Waals surface area contributed by atoms with Crippen LogP contribution in [0.4, 0.5) is 5.69 Å². The summed E-state index contributed by atoms with van der Waals surface area (Å²) in [5, 5.41) is 8.31. The van der Waals surface area contributed by atoms with Gasteiger partial charge in [0.25, 0.3) is 5.91 Å². The quantitative estimate of drug-likeness (QED) is 0.770. The Bertz CT molecular complexity index is 1130. The molecule has 0 unspecified atom stereocenters. The van der Waals surface area contributed by atoms with Crippen LogP contribution in [0.5, 0.6) is 5.75 Å². The second-order valence-corrected chi connectivity index (χ2v) is 8.83. The lowest BCUT2D eigenvalue weighted by Gasteiger charge is -2.29. The van der Waals surface area contributed by atoms with Crippen molar-refractivity contribution >= 4 is 40.3 Å². The molecule has 32 heavy (non-hydrogen) atoms. The number of rotatable bonds is 4. The Morgan fingerprint density at radius 1 is 1.16 bits per heavy atom. The van der Waals surface area contributed by atoms with E-state index in [1.54, 1.807) is 4.90 Å². The summed E-state index contributed by atoms with van der Waals surface area (Å²) in [4.78, 5) is 38.4. The number of fused-ring (bicyclic) bond motifs is 2. The molecule has 0 radical (unpaired) electrons. The van der Waals surface area contributed by atoms with Crippen molar-refractivity contribution < 1.29 is 19.1 Å². The third-order valence-corrected chi connectivity index (χ3v) is 6.47. The van der Waals surface area contributed by atoms with Crippen molar-refractivity contribution in [3.05, 3.63) is 59.2 Å². The summed E-state index contributed by atoms with van der Waals surface area (Å²) in [6, 6.07) is 13.3. The lowest BCUT2D eigenvalue weighted by atomic mass is 10.0. The molecule has 2 aliphatic rings. The van der Waals surface area contributed by atoms with Crippen LogP contribution in [0.1, 0.15) is 37.5 Å². The average Bonchev–Trinajstić information content (AvgIpc) is 3.22. The van der Waals surface area contributed by atoms with Crippen molar-refractivity contribution in [1.82, 2.24) is 10.3 Å². The third-order valence-electron chi connectivity index (χ3n) is 5.23. The van der Waals surface area contributed by atoms with Crippen LogP contribution in [-0.2, 0) is 25.8 Å². The number of aryl methyl sites for hydroxylation is 1. The first kappa shape index (κ1) is 21.9. The molecule has 0 bridgehead atoms. The summed E-state index contributed by atoms with van der Waals surface area (Å²) in [6.45, 7) is 7.48. The number of nitrogens with one attached hydrogen (secondary N) is 1. The SMILES string of the molecule is CCOc1ccc(CN2C(=O)[C@@]3(SC(NC(C)=O)=NN3C(C)=O)c3cc(C)ccc32)cc1. The number of amidine groups is 1. The Labute approximate surface area is 190 Å². The molecule has 8 nitrogen and oxygen atoms in total. The molecule has 1 spiro atoms. The molecule has 1 N–H and O–H groups in total. The van der Waals surface area contributed by atoms with Gasteiger partial charge in [0.1, 0.15) is 5.75 Å². The van der Waals surface area contributed by atoms with E-state index in [1.807, 2.05) is 56.3 Å². The number of benzene rings is 2. The van der Waals surface area contributed by atoms with Gasteiger partial charge in [-0.2, -0.15) is 5.01 Å². The predicted octanol–water partition coefficient (Wildman–Crippen LogP) is 3.10. The minimum Gasteiger partial charge on any atom is -0.494 e. The molecule has 0 saturated heterocycles. The normalized spacial score (nSPS) is 19.2. The summed E-state index contributed by atoms with van der Waals surface area (Å²) >= 11 is 1.08. The Kier molecular flexibility index (Phi) is 5.68. The van der Waals surface area contributed by atoms with E-state index in [0.29, 0.717) is 24.4 Å². The fourth-order valence-electron chi connectivity index (χ4n) is 3.92. The van der Waals surface area contributed by atoms with Gasteiger partial charge in [-0.25, -0.2) is 0 Å². The molecule has 2 aliphatic heterocycles. The second-order valence-electron chi connectivity index (χ2n) is 7.65. The zero-order valence-electron chi connectivity index (χ0n) is 18.3. The molecule has 0 saturated carbocycles. The van der Waals surface area contributed by atoms with Crippen molar-refractivity contribution in [3.63, 3.8) is 0 Å². The van der Waals surface area contributed by atoms with Crippen molar-refractivity contribution in [2.24, 2.45) is 5.10 Å². The monoisotopic (exact) mass is 452 g/mol. The summed E-state index contributed by atoms with van der Waals surface area (Å²) in [7, 11) is 0. The first-order chi connectivity index (χ1) is 15.3. The topological polar surface area (TPSA) is 91.3 Å². The molecule has 1 atom stereocenters. The highest BCUT2D eigenvalue weighted by Gasteiger charge is 2.61. The van der Waals surface area contributed by atoms with E-state index in [0.717, 1.165) is 28.6 Å². The average molecular weight is 453 g/mol. The number of ether oxygens (including phenoxy) is 1. The number of thioether (sulfide) groups is 1. The molecule has 0 aliphatic carbocycles. The lowest BCUT2D eigenvalue weighted by Crippen LogP contribution is -2.48. The third kappa shape index (κ3) is 3.62. The first-order valence-electron chi connectivity index (χ1n) is 10.3. The van der Waals surface area contributed by atoms with Gasteiger partial charge >= 0.3 is 0 Å². The van der Waals surface area contributed by atoms with Gasteiger partial charge in [0.15, 0.2) is 5.17 Å². The van der Waals surface area contributed by atoms with Gasteiger partial charge in [0.2, 0.25) is 16.7 Å². The standard InChI is InChI=1S/C23H24N4O4S/c1-5-31-18-9-7-17(8-10-18)13-26-20-11-6-14(2)12-19(20)23(21(26)30)27(16(4)29)25-22(32-23)24-15(3)28/h6-12H,5,13H2,1-4H3,(H,24,25,28)/t23-/m0/s1. The van der Waals surface area contributed by atoms with E-state index in [9.17, 15) is 14.4 Å². The van der Waals surface area contributed by atoms with Gasteiger partial charge in [-0.05, 0) is 49.4 Å². The fraction of sp³-hybridized carbons (Fsp3) is 0.304. The second kappa shape index (κ2) is 8.31. The van der Waals surface area contributed by atoms with E-state index in [-0.39, 0.29) is 22.9 Å².